The maximum atomic E-state index is 13.6. The third-order valence-corrected chi connectivity index (χ3v) is 4.15. The molecule has 3 nitrogen and oxygen atoms in total. The van der Waals surface area contributed by atoms with Crippen LogP contribution in [0.3, 0.4) is 0 Å². The van der Waals surface area contributed by atoms with Gasteiger partial charge in [0, 0.05) is 18.2 Å². The second kappa shape index (κ2) is 6.35. The van der Waals surface area contributed by atoms with Gasteiger partial charge in [0.25, 0.3) is 0 Å². The Balaban J connectivity index is 2.17. The molecule has 2 rings (SSSR count). The topological polar surface area (TPSA) is 40.5 Å². The van der Waals surface area contributed by atoms with Crippen molar-refractivity contribution in [3.8, 4) is 5.75 Å². The van der Waals surface area contributed by atoms with E-state index in [1.54, 1.807) is 0 Å². The molecule has 0 saturated heterocycles. The third-order valence-electron chi connectivity index (χ3n) is 4.15. The van der Waals surface area contributed by atoms with Crippen LogP contribution in [-0.2, 0) is 6.54 Å². The third kappa shape index (κ3) is 3.37. The molecule has 0 unspecified atom stereocenters. The number of hydrogen-bond acceptors (Lipinski definition) is 3. The van der Waals surface area contributed by atoms with Crippen LogP contribution in [0.4, 0.5) is 4.39 Å². The predicted molar refractivity (Wildman–Crippen MR) is 76.4 cm³/mol. The number of carbonyl (C=O) groups is 1. The SMILES string of the molecule is CC(=O)c1cc(F)cc(CN(C)C2CCCCC2)c1O. The van der Waals surface area contributed by atoms with Gasteiger partial charge in [0.1, 0.15) is 11.6 Å². The van der Waals surface area contributed by atoms with Gasteiger partial charge in [0.05, 0.1) is 5.56 Å². The molecule has 1 aliphatic rings. The molecule has 0 aromatic heterocycles. The van der Waals surface area contributed by atoms with Gasteiger partial charge in [-0.25, -0.2) is 4.39 Å². The molecule has 1 aliphatic carbocycles. The predicted octanol–water partition coefficient (Wildman–Crippen LogP) is 3.50. The van der Waals surface area contributed by atoms with Crippen molar-refractivity contribution in [1.29, 1.82) is 0 Å². The van der Waals surface area contributed by atoms with Crippen molar-refractivity contribution in [2.24, 2.45) is 0 Å². The number of hydrogen-bond donors (Lipinski definition) is 1. The molecule has 0 amide bonds. The lowest BCUT2D eigenvalue weighted by Crippen LogP contribution is -2.33. The van der Waals surface area contributed by atoms with Crippen LogP contribution in [0.5, 0.6) is 5.75 Å². The number of carbonyl (C=O) groups excluding carboxylic acids is 1. The Bertz CT molecular complexity index is 495. The summed E-state index contributed by atoms with van der Waals surface area (Å²) in [7, 11) is 1.99. The summed E-state index contributed by atoms with van der Waals surface area (Å²) in [5, 5.41) is 10.1. The first-order valence-electron chi connectivity index (χ1n) is 7.21. The van der Waals surface area contributed by atoms with Gasteiger partial charge < -0.3 is 5.11 Å². The Kier molecular flexibility index (Phi) is 4.76. The van der Waals surface area contributed by atoms with Crippen molar-refractivity contribution >= 4 is 5.78 Å². The van der Waals surface area contributed by atoms with E-state index in [9.17, 15) is 14.3 Å². The molecule has 0 aliphatic heterocycles. The normalized spacial score (nSPS) is 16.6. The van der Waals surface area contributed by atoms with E-state index in [1.807, 2.05) is 7.05 Å². The first-order valence-corrected chi connectivity index (χ1v) is 7.21. The molecule has 110 valence electrons. The smallest absolute Gasteiger partial charge is 0.163 e. The highest BCUT2D eigenvalue weighted by Gasteiger charge is 2.20. The average molecular weight is 279 g/mol. The van der Waals surface area contributed by atoms with Gasteiger partial charge in [0.15, 0.2) is 5.78 Å². The Hall–Kier alpha value is -1.42. The largest absolute Gasteiger partial charge is 0.507 e. The van der Waals surface area contributed by atoms with Crippen molar-refractivity contribution < 1.29 is 14.3 Å². The molecule has 1 aromatic rings. The average Bonchev–Trinajstić information content (AvgIpc) is 2.43. The molecule has 1 saturated carbocycles. The van der Waals surface area contributed by atoms with Crippen LogP contribution in [0.1, 0.15) is 54.9 Å². The lowest BCUT2D eigenvalue weighted by Gasteiger charge is -2.31. The molecule has 1 fully saturated rings. The monoisotopic (exact) mass is 279 g/mol. The second-order valence-electron chi connectivity index (χ2n) is 5.72. The van der Waals surface area contributed by atoms with E-state index in [2.05, 4.69) is 4.90 Å². The van der Waals surface area contributed by atoms with Crippen molar-refractivity contribution in [2.75, 3.05) is 7.05 Å². The number of aromatic hydroxyl groups is 1. The van der Waals surface area contributed by atoms with Crippen LogP contribution in [0.15, 0.2) is 12.1 Å². The number of nitrogens with zero attached hydrogens (tertiary/aromatic N) is 1. The van der Waals surface area contributed by atoms with Gasteiger partial charge in [-0.15, -0.1) is 0 Å². The van der Waals surface area contributed by atoms with E-state index >= 15 is 0 Å². The molecule has 0 atom stereocenters. The van der Waals surface area contributed by atoms with Crippen LogP contribution >= 0.6 is 0 Å². The van der Waals surface area contributed by atoms with E-state index in [0.29, 0.717) is 18.2 Å². The standard InChI is InChI=1S/C16H22FNO2/c1-11(19)15-9-13(17)8-12(16(15)20)10-18(2)14-6-4-3-5-7-14/h8-9,14,20H,3-7,10H2,1-2H3. The van der Waals surface area contributed by atoms with E-state index in [4.69, 9.17) is 0 Å². The van der Waals surface area contributed by atoms with Crippen LogP contribution in [0, 0.1) is 5.82 Å². The number of rotatable bonds is 4. The summed E-state index contributed by atoms with van der Waals surface area (Å²) in [6.07, 6.45) is 6.02. The van der Waals surface area contributed by atoms with E-state index in [1.165, 1.54) is 32.3 Å². The summed E-state index contributed by atoms with van der Waals surface area (Å²) < 4.78 is 13.6. The van der Waals surface area contributed by atoms with Crippen LogP contribution in [-0.4, -0.2) is 28.9 Å². The fourth-order valence-electron chi connectivity index (χ4n) is 2.96. The number of halogens is 1. The van der Waals surface area contributed by atoms with Gasteiger partial charge >= 0.3 is 0 Å². The number of phenolic OH excluding ortho intramolecular Hbond substituents is 1. The summed E-state index contributed by atoms with van der Waals surface area (Å²) in [6, 6.07) is 2.90. The molecule has 4 heteroatoms. The van der Waals surface area contributed by atoms with Crippen LogP contribution < -0.4 is 0 Å². The van der Waals surface area contributed by atoms with Crippen molar-refractivity contribution in [3.05, 3.63) is 29.1 Å². The van der Waals surface area contributed by atoms with E-state index < -0.39 is 5.82 Å². The molecule has 0 radical (unpaired) electrons. The summed E-state index contributed by atoms with van der Waals surface area (Å²) in [5.74, 6) is -0.870. The van der Waals surface area contributed by atoms with Gasteiger partial charge in [0.2, 0.25) is 0 Å². The lowest BCUT2D eigenvalue weighted by atomic mass is 9.94. The molecular formula is C16H22FNO2. The van der Waals surface area contributed by atoms with E-state index in [0.717, 1.165) is 18.9 Å². The quantitative estimate of drug-likeness (QED) is 0.858. The van der Waals surface area contributed by atoms with Crippen LogP contribution in [0.2, 0.25) is 0 Å². The van der Waals surface area contributed by atoms with Gasteiger partial charge in [-0.1, -0.05) is 19.3 Å². The summed E-state index contributed by atoms with van der Waals surface area (Å²) in [5.41, 5.74) is 0.556. The molecule has 0 bridgehead atoms. The van der Waals surface area contributed by atoms with Crippen LogP contribution in [0.25, 0.3) is 0 Å². The zero-order valence-electron chi connectivity index (χ0n) is 12.2. The zero-order valence-corrected chi connectivity index (χ0v) is 12.2. The van der Waals surface area contributed by atoms with E-state index in [-0.39, 0.29) is 17.1 Å². The minimum atomic E-state index is -0.472. The Morgan fingerprint density at radius 3 is 2.60 bits per heavy atom. The Labute approximate surface area is 119 Å². The maximum Gasteiger partial charge on any atom is 0.163 e. The molecular weight excluding hydrogens is 257 g/mol. The lowest BCUT2D eigenvalue weighted by molar-refractivity contribution is 0.101. The summed E-state index contributed by atoms with van der Waals surface area (Å²) in [6.45, 7) is 1.80. The highest BCUT2D eigenvalue weighted by Crippen LogP contribution is 2.28. The molecule has 0 spiro atoms. The Morgan fingerprint density at radius 1 is 1.35 bits per heavy atom. The first kappa shape index (κ1) is 15.0. The highest BCUT2D eigenvalue weighted by atomic mass is 19.1. The number of phenols is 1. The van der Waals surface area contributed by atoms with Crippen molar-refractivity contribution in [3.63, 3.8) is 0 Å². The molecule has 20 heavy (non-hydrogen) atoms. The number of Topliss-reactive ketones (excluding diaryl/α,β-unsaturated/α-hetero) is 1. The van der Waals surface area contributed by atoms with Crippen molar-refractivity contribution in [2.45, 2.75) is 51.6 Å². The minimum Gasteiger partial charge on any atom is -0.507 e. The highest BCUT2D eigenvalue weighted by molar-refractivity contribution is 5.97. The molecule has 0 heterocycles. The van der Waals surface area contributed by atoms with Crippen molar-refractivity contribution in [1.82, 2.24) is 4.90 Å². The fraction of sp³-hybridized carbons (Fsp3) is 0.562. The maximum absolute atomic E-state index is 13.6. The minimum absolute atomic E-state index is 0.0667. The zero-order chi connectivity index (χ0) is 14.7. The van der Waals surface area contributed by atoms with Gasteiger partial charge in [-0.05, 0) is 38.9 Å². The number of ketones is 1. The van der Waals surface area contributed by atoms with Gasteiger partial charge in [-0.2, -0.15) is 0 Å². The second-order valence-corrected chi connectivity index (χ2v) is 5.72. The Morgan fingerprint density at radius 2 is 2.00 bits per heavy atom. The summed E-state index contributed by atoms with van der Waals surface area (Å²) in [4.78, 5) is 13.6. The summed E-state index contributed by atoms with van der Waals surface area (Å²) >= 11 is 0. The fourth-order valence-corrected chi connectivity index (χ4v) is 2.96. The number of benzene rings is 1. The molecule has 1 N–H and O–H groups in total. The van der Waals surface area contributed by atoms with Gasteiger partial charge in [-0.3, -0.25) is 9.69 Å². The first-order chi connectivity index (χ1) is 9.49. The molecule has 1 aromatic carbocycles.